The molecule has 0 saturated carbocycles. The molecule has 5 nitrogen and oxygen atoms in total. The fourth-order valence-corrected chi connectivity index (χ4v) is 4.10. The second-order valence-corrected chi connectivity index (χ2v) is 7.23. The van der Waals surface area contributed by atoms with Crippen molar-refractivity contribution < 1.29 is 12.8 Å². The Kier molecular flexibility index (Phi) is 3.79. The van der Waals surface area contributed by atoms with Gasteiger partial charge in [-0.25, -0.2) is 8.42 Å². The third kappa shape index (κ3) is 3.33. The summed E-state index contributed by atoms with van der Waals surface area (Å²) in [4.78, 5) is 0. The third-order valence-corrected chi connectivity index (χ3v) is 5.18. The number of nitrogens with zero attached hydrogens (tertiary/aromatic N) is 2. The van der Waals surface area contributed by atoms with Crippen LogP contribution in [0.2, 0.25) is 0 Å². The first-order valence-corrected chi connectivity index (χ1v) is 8.58. The molecule has 3 rings (SSSR count). The summed E-state index contributed by atoms with van der Waals surface area (Å²) in [6.07, 6.45) is 3.78. The molecule has 6 heteroatoms. The summed E-state index contributed by atoms with van der Waals surface area (Å²) in [6, 6.07) is 13.0. The maximum Gasteiger partial charge on any atom is 0.152 e. The molecule has 1 fully saturated rings. The van der Waals surface area contributed by atoms with Gasteiger partial charge in [0.1, 0.15) is 5.76 Å². The molecule has 21 heavy (non-hydrogen) atoms. The van der Waals surface area contributed by atoms with Gasteiger partial charge in [0.2, 0.25) is 0 Å². The highest BCUT2D eigenvalue weighted by Gasteiger charge is 2.32. The summed E-state index contributed by atoms with van der Waals surface area (Å²) in [7, 11) is -2.96. The van der Waals surface area contributed by atoms with Crippen molar-refractivity contribution in [3.8, 4) is 0 Å². The lowest BCUT2D eigenvalue weighted by atomic mass is 10.2. The average molecular weight is 304 g/mol. The molecular formula is C15H16N2O3S. The summed E-state index contributed by atoms with van der Waals surface area (Å²) in [5.74, 6) is 0.992. The van der Waals surface area contributed by atoms with Gasteiger partial charge in [-0.05, 0) is 30.7 Å². The van der Waals surface area contributed by atoms with Gasteiger partial charge < -0.3 is 4.42 Å². The number of rotatable bonds is 4. The first-order valence-electron chi connectivity index (χ1n) is 6.76. The summed E-state index contributed by atoms with van der Waals surface area (Å²) < 4.78 is 28.7. The molecule has 0 amide bonds. The van der Waals surface area contributed by atoms with Gasteiger partial charge in [0.25, 0.3) is 0 Å². The van der Waals surface area contributed by atoms with Crippen LogP contribution in [0.1, 0.15) is 12.2 Å². The van der Waals surface area contributed by atoms with E-state index in [1.165, 1.54) is 0 Å². The van der Waals surface area contributed by atoms with E-state index in [0.29, 0.717) is 12.2 Å². The van der Waals surface area contributed by atoms with E-state index in [0.717, 1.165) is 5.69 Å². The van der Waals surface area contributed by atoms with Crippen LogP contribution in [-0.4, -0.2) is 32.2 Å². The van der Waals surface area contributed by atoms with E-state index in [1.807, 2.05) is 30.3 Å². The minimum atomic E-state index is -2.96. The van der Waals surface area contributed by atoms with Crippen molar-refractivity contribution in [2.45, 2.75) is 12.5 Å². The lowest BCUT2D eigenvalue weighted by molar-refractivity contribution is 0.559. The molecule has 1 atom stereocenters. The molecule has 1 aromatic heterocycles. The predicted octanol–water partition coefficient (Wildman–Crippen LogP) is 2.31. The van der Waals surface area contributed by atoms with Crippen LogP contribution in [0.5, 0.6) is 0 Å². The number of anilines is 1. The first kappa shape index (κ1) is 13.9. The Labute approximate surface area is 123 Å². The number of furan rings is 1. The van der Waals surface area contributed by atoms with E-state index in [9.17, 15) is 8.42 Å². The molecule has 1 aliphatic heterocycles. The maximum atomic E-state index is 11.7. The van der Waals surface area contributed by atoms with Crippen LogP contribution in [0.3, 0.4) is 0 Å². The number of hydrogen-bond donors (Lipinski definition) is 0. The number of hydrogen-bond acceptors (Lipinski definition) is 5. The monoisotopic (exact) mass is 304 g/mol. The van der Waals surface area contributed by atoms with Crippen LogP contribution in [-0.2, 0) is 9.84 Å². The predicted molar refractivity (Wildman–Crippen MR) is 82.3 cm³/mol. The number of para-hydroxylation sites is 1. The van der Waals surface area contributed by atoms with Crippen molar-refractivity contribution in [2.24, 2.45) is 5.10 Å². The van der Waals surface area contributed by atoms with Gasteiger partial charge in [-0.1, -0.05) is 18.2 Å². The lowest BCUT2D eigenvalue weighted by Gasteiger charge is -2.24. The van der Waals surface area contributed by atoms with Gasteiger partial charge in [0.15, 0.2) is 9.84 Å². The smallest absolute Gasteiger partial charge is 0.152 e. The van der Waals surface area contributed by atoms with Crippen molar-refractivity contribution in [2.75, 3.05) is 16.5 Å². The van der Waals surface area contributed by atoms with Crippen molar-refractivity contribution in [3.05, 3.63) is 54.5 Å². The van der Waals surface area contributed by atoms with E-state index in [4.69, 9.17) is 4.42 Å². The summed E-state index contributed by atoms with van der Waals surface area (Å²) in [6.45, 7) is 0. The molecule has 1 saturated heterocycles. The molecule has 0 N–H and O–H groups in total. The molecule has 2 aromatic rings. The van der Waals surface area contributed by atoms with Crippen molar-refractivity contribution in [3.63, 3.8) is 0 Å². The number of hydrazone groups is 1. The van der Waals surface area contributed by atoms with Gasteiger partial charge in [-0.3, -0.25) is 5.01 Å². The molecular weight excluding hydrogens is 288 g/mol. The summed E-state index contributed by atoms with van der Waals surface area (Å²) >= 11 is 0. The van der Waals surface area contributed by atoms with Crippen LogP contribution in [0.4, 0.5) is 5.69 Å². The summed E-state index contributed by atoms with van der Waals surface area (Å²) in [5, 5.41) is 6.21. The van der Waals surface area contributed by atoms with E-state index < -0.39 is 9.84 Å². The second-order valence-electron chi connectivity index (χ2n) is 5.00. The fourth-order valence-electron chi connectivity index (χ4n) is 2.40. The number of sulfone groups is 1. The Morgan fingerprint density at radius 1 is 1.19 bits per heavy atom. The fraction of sp³-hybridized carbons (Fsp3) is 0.267. The van der Waals surface area contributed by atoms with Crippen LogP contribution in [0.25, 0.3) is 0 Å². The molecule has 0 spiro atoms. The zero-order valence-electron chi connectivity index (χ0n) is 11.4. The topological polar surface area (TPSA) is 62.9 Å². The highest BCUT2D eigenvalue weighted by Crippen LogP contribution is 2.24. The van der Waals surface area contributed by atoms with Crippen LogP contribution in [0, 0.1) is 0 Å². The largest absolute Gasteiger partial charge is 0.463 e. The van der Waals surface area contributed by atoms with Crippen molar-refractivity contribution >= 4 is 21.7 Å². The minimum Gasteiger partial charge on any atom is -0.463 e. The van der Waals surface area contributed by atoms with E-state index >= 15 is 0 Å². The van der Waals surface area contributed by atoms with Crippen molar-refractivity contribution in [1.29, 1.82) is 0 Å². The Hall–Kier alpha value is -2.08. The number of benzene rings is 1. The van der Waals surface area contributed by atoms with Gasteiger partial charge in [0.05, 0.1) is 35.7 Å². The molecule has 0 bridgehead atoms. The molecule has 2 heterocycles. The Morgan fingerprint density at radius 2 is 2.00 bits per heavy atom. The van der Waals surface area contributed by atoms with Gasteiger partial charge in [-0.15, -0.1) is 0 Å². The first-order chi connectivity index (χ1) is 10.1. The second kappa shape index (κ2) is 5.73. The van der Waals surface area contributed by atoms with Gasteiger partial charge in [0, 0.05) is 0 Å². The highest BCUT2D eigenvalue weighted by atomic mass is 32.2. The highest BCUT2D eigenvalue weighted by molar-refractivity contribution is 7.91. The molecule has 110 valence electrons. The zero-order chi connectivity index (χ0) is 14.7. The van der Waals surface area contributed by atoms with Gasteiger partial charge in [-0.2, -0.15) is 5.10 Å². The minimum absolute atomic E-state index is 0.136. The van der Waals surface area contributed by atoms with Crippen molar-refractivity contribution in [1.82, 2.24) is 0 Å². The Balaban J connectivity index is 1.88. The van der Waals surface area contributed by atoms with E-state index in [1.54, 1.807) is 29.6 Å². The van der Waals surface area contributed by atoms with Crippen LogP contribution in [0.15, 0.2) is 58.2 Å². The molecule has 0 aliphatic carbocycles. The van der Waals surface area contributed by atoms with Crippen LogP contribution >= 0.6 is 0 Å². The molecule has 1 aliphatic rings. The lowest BCUT2D eigenvalue weighted by Crippen LogP contribution is -2.31. The quantitative estimate of drug-likeness (QED) is 0.642. The van der Waals surface area contributed by atoms with Gasteiger partial charge >= 0.3 is 0 Å². The van der Waals surface area contributed by atoms with Crippen LogP contribution < -0.4 is 5.01 Å². The zero-order valence-corrected chi connectivity index (χ0v) is 12.2. The SMILES string of the molecule is O=S1(=O)CC[C@H](N(/N=C\c2ccco2)c2ccccc2)C1. The van der Waals surface area contributed by atoms with E-state index in [-0.39, 0.29) is 17.5 Å². The average Bonchev–Trinajstić information content (AvgIpc) is 3.10. The Morgan fingerprint density at radius 3 is 2.62 bits per heavy atom. The normalized spacial score (nSPS) is 20.9. The maximum absolute atomic E-state index is 11.7. The molecule has 1 aromatic carbocycles. The summed E-state index contributed by atoms with van der Waals surface area (Å²) in [5.41, 5.74) is 0.877. The third-order valence-electron chi connectivity index (χ3n) is 3.43. The standard InChI is InChI=1S/C15H16N2O3S/c18-21(19)10-8-14(12-21)17(13-5-2-1-3-6-13)16-11-15-7-4-9-20-15/h1-7,9,11,14H,8,10,12H2/b16-11-/t14-/m0/s1. The molecule has 0 radical (unpaired) electrons. The molecule has 0 unspecified atom stereocenters. The Bertz CT molecular complexity index is 709. The van der Waals surface area contributed by atoms with E-state index in [2.05, 4.69) is 5.10 Å².